The molecule has 0 spiro atoms. The molecule has 2 aromatic carbocycles. The molecule has 0 radical (unpaired) electrons. The highest BCUT2D eigenvalue weighted by molar-refractivity contribution is 7.13. The second-order valence-corrected chi connectivity index (χ2v) is 11.6. The molecule has 3 aromatic rings. The number of aryl methyl sites for hydroxylation is 2. The average molecular weight is 659 g/mol. The van der Waals surface area contributed by atoms with Gasteiger partial charge < -0.3 is 45.6 Å². The van der Waals surface area contributed by atoms with E-state index in [0.717, 1.165) is 45.9 Å². The summed E-state index contributed by atoms with van der Waals surface area (Å²) in [5.41, 5.74) is 24.2. The number of primary amides is 1. The maximum atomic E-state index is 10.8. The predicted octanol–water partition coefficient (Wildman–Crippen LogP) is 3.76. The topological polar surface area (TPSA) is 163 Å². The van der Waals surface area contributed by atoms with E-state index in [-0.39, 0.29) is 18.4 Å². The predicted molar refractivity (Wildman–Crippen MR) is 180 cm³/mol. The largest absolute Gasteiger partial charge is 0.491 e. The van der Waals surface area contributed by atoms with Crippen LogP contribution < -0.4 is 21.9 Å². The summed E-state index contributed by atoms with van der Waals surface area (Å²) < 4.78 is 34.1. The molecule has 46 heavy (non-hydrogen) atoms. The van der Waals surface area contributed by atoms with Crippen LogP contribution in [-0.4, -0.2) is 83.0 Å². The minimum absolute atomic E-state index is 0.186. The van der Waals surface area contributed by atoms with Crippen LogP contribution in [0.3, 0.4) is 0 Å². The van der Waals surface area contributed by atoms with Gasteiger partial charge in [-0.3, -0.25) is 4.79 Å². The van der Waals surface area contributed by atoms with Crippen LogP contribution in [0, 0.1) is 6.92 Å². The number of nitrogens with two attached hydrogens (primary N) is 3. The van der Waals surface area contributed by atoms with Gasteiger partial charge in [0.2, 0.25) is 5.91 Å². The van der Waals surface area contributed by atoms with Crippen molar-refractivity contribution in [1.82, 2.24) is 4.98 Å². The van der Waals surface area contributed by atoms with Gasteiger partial charge in [0, 0.05) is 31.2 Å². The first-order valence-corrected chi connectivity index (χ1v) is 16.7. The monoisotopic (exact) mass is 658 g/mol. The molecule has 0 saturated heterocycles. The Morgan fingerprint density at radius 2 is 1.48 bits per heavy atom. The first-order chi connectivity index (χ1) is 22.5. The van der Waals surface area contributed by atoms with E-state index in [4.69, 9.17) is 45.6 Å². The van der Waals surface area contributed by atoms with Crippen molar-refractivity contribution in [1.29, 1.82) is 0 Å². The molecule has 1 atom stereocenters. The smallest absolute Gasteiger partial charge is 0.217 e. The molecule has 3 rings (SSSR count). The van der Waals surface area contributed by atoms with Gasteiger partial charge in [0.15, 0.2) is 0 Å². The molecule has 11 nitrogen and oxygen atoms in total. The fourth-order valence-electron chi connectivity index (χ4n) is 4.47. The molecule has 6 N–H and O–H groups in total. The van der Waals surface area contributed by atoms with Crippen molar-refractivity contribution in [2.24, 2.45) is 17.2 Å². The highest BCUT2D eigenvalue weighted by Crippen LogP contribution is 2.31. The minimum atomic E-state index is -0.341. The molecule has 1 aromatic heterocycles. The van der Waals surface area contributed by atoms with Crippen LogP contribution in [0.5, 0.6) is 5.75 Å². The van der Waals surface area contributed by atoms with Crippen LogP contribution >= 0.6 is 11.3 Å². The molecule has 0 aliphatic rings. The van der Waals surface area contributed by atoms with Crippen molar-refractivity contribution in [3.05, 3.63) is 70.4 Å². The van der Waals surface area contributed by atoms with Gasteiger partial charge in [-0.15, -0.1) is 11.3 Å². The number of ether oxygens (including phenoxy) is 6. The summed E-state index contributed by atoms with van der Waals surface area (Å²) in [4.78, 5) is 16.3. The summed E-state index contributed by atoms with van der Waals surface area (Å²) in [5.74, 6) is 0.437. The van der Waals surface area contributed by atoms with Gasteiger partial charge in [0.05, 0.1) is 75.5 Å². The normalized spacial score (nSPS) is 12.0. The lowest BCUT2D eigenvalue weighted by Crippen LogP contribution is -2.28. The first kappa shape index (κ1) is 37.5. The summed E-state index contributed by atoms with van der Waals surface area (Å²) in [6.07, 6.45) is 2.70. The Bertz CT molecular complexity index is 1260. The van der Waals surface area contributed by atoms with Crippen molar-refractivity contribution >= 4 is 17.2 Å². The van der Waals surface area contributed by atoms with Crippen LogP contribution in [0.15, 0.2) is 48.0 Å². The Labute approximate surface area is 276 Å². The third kappa shape index (κ3) is 15.1. The summed E-state index contributed by atoms with van der Waals surface area (Å²) in [5, 5.41) is 0. The fraction of sp³-hybridized carbons (Fsp3) is 0.529. The number of hydrogen-bond acceptors (Lipinski definition) is 11. The Balaban J connectivity index is 1.10. The number of nitrogens with zero attached hydrogens (tertiary/aromatic N) is 1. The number of amides is 1. The molecule has 0 aliphatic heterocycles. The zero-order chi connectivity index (χ0) is 32.8. The molecule has 1 heterocycles. The van der Waals surface area contributed by atoms with Crippen LogP contribution in [0.4, 0.5) is 0 Å². The van der Waals surface area contributed by atoms with Gasteiger partial charge in [0.25, 0.3) is 0 Å². The number of benzene rings is 2. The van der Waals surface area contributed by atoms with E-state index in [1.54, 1.807) is 11.3 Å². The van der Waals surface area contributed by atoms with Crippen molar-refractivity contribution < 1.29 is 33.2 Å². The number of aromatic nitrogens is 1. The van der Waals surface area contributed by atoms with Gasteiger partial charge in [0.1, 0.15) is 12.4 Å². The Kier molecular flexibility index (Phi) is 18.4. The molecular weight excluding hydrogens is 608 g/mol. The standard InChI is InChI=1S/C34H50N4O7S/c1-26-34(46-25-38-26)29-8-9-30(22-35)32(21-29)45-20-19-43-18-17-42-16-15-41-14-13-40-12-2-3-27-4-6-28(7-5-27)23-44-24-31(36)10-11-33(37)39/h4-9,21,25,31H,2-3,10-20,22-24,35-36H2,1H3,(H2,37,39)/t31-/m0/s1. The van der Waals surface area contributed by atoms with E-state index < -0.39 is 0 Å². The summed E-state index contributed by atoms with van der Waals surface area (Å²) in [6.45, 7) is 7.97. The van der Waals surface area contributed by atoms with Crippen molar-refractivity contribution in [3.63, 3.8) is 0 Å². The highest BCUT2D eigenvalue weighted by Gasteiger charge is 2.10. The van der Waals surface area contributed by atoms with Crippen molar-refractivity contribution in [3.8, 4) is 16.2 Å². The zero-order valence-electron chi connectivity index (χ0n) is 27.0. The van der Waals surface area contributed by atoms with Crippen molar-refractivity contribution in [2.45, 2.75) is 51.8 Å². The number of thiazole rings is 1. The second kappa shape index (κ2) is 22.6. The highest BCUT2D eigenvalue weighted by atomic mass is 32.1. The summed E-state index contributed by atoms with van der Waals surface area (Å²) >= 11 is 1.61. The molecule has 0 fully saturated rings. The molecule has 0 unspecified atom stereocenters. The van der Waals surface area contributed by atoms with Crippen LogP contribution in [0.1, 0.15) is 41.6 Å². The van der Waals surface area contributed by atoms with E-state index in [9.17, 15) is 4.79 Å². The first-order valence-electron chi connectivity index (χ1n) is 15.8. The summed E-state index contributed by atoms with van der Waals surface area (Å²) in [6, 6.07) is 14.2. The van der Waals surface area contributed by atoms with E-state index in [1.165, 1.54) is 5.56 Å². The van der Waals surface area contributed by atoms with Crippen molar-refractivity contribution in [2.75, 3.05) is 66.1 Å². The second-order valence-electron chi connectivity index (χ2n) is 10.8. The Morgan fingerprint density at radius 3 is 2.09 bits per heavy atom. The zero-order valence-corrected chi connectivity index (χ0v) is 27.8. The van der Waals surface area contributed by atoms with E-state index in [1.807, 2.05) is 24.6 Å². The van der Waals surface area contributed by atoms with E-state index in [0.29, 0.717) is 85.6 Å². The molecule has 1 amide bonds. The molecule has 0 bridgehead atoms. The third-order valence-corrected chi connectivity index (χ3v) is 8.01. The van der Waals surface area contributed by atoms with Gasteiger partial charge in [-0.1, -0.05) is 36.4 Å². The third-order valence-electron chi connectivity index (χ3n) is 7.04. The average Bonchev–Trinajstić information content (AvgIpc) is 3.49. The van der Waals surface area contributed by atoms with E-state index >= 15 is 0 Å². The molecule has 12 heteroatoms. The van der Waals surface area contributed by atoms with Gasteiger partial charge >= 0.3 is 0 Å². The lowest BCUT2D eigenvalue weighted by molar-refractivity contribution is -0.118. The molecular formula is C34H50N4O7S. The maximum Gasteiger partial charge on any atom is 0.217 e. The van der Waals surface area contributed by atoms with Crippen LogP contribution in [0.25, 0.3) is 10.4 Å². The van der Waals surface area contributed by atoms with Gasteiger partial charge in [-0.05, 0) is 48.9 Å². The number of carbonyl (C=O) groups is 1. The number of hydrogen-bond donors (Lipinski definition) is 3. The van der Waals surface area contributed by atoms with Crippen LogP contribution in [0.2, 0.25) is 0 Å². The fourth-order valence-corrected chi connectivity index (χ4v) is 5.27. The Morgan fingerprint density at radius 1 is 0.848 bits per heavy atom. The van der Waals surface area contributed by atoms with E-state index in [2.05, 4.69) is 35.3 Å². The molecule has 0 saturated carbocycles. The SMILES string of the molecule is Cc1ncsc1-c1ccc(CN)c(OCCOCCOCCOCCOCCCc2ccc(COC[C@@H](N)CCC(N)=O)cc2)c1. The lowest BCUT2D eigenvalue weighted by atomic mass is 10.1. The lowest BCUT2D eigenvalue weighted by Gasteiger charge is -2.12. The van der Waals surface area contributed by atoms with Gasteiger partial charge in [-0.25, -0.2) is 4.98 Å². The minimum Gasteiger partial charge on any atom is -0.491 e. The molecule has 0 aliphatic carbocycles. The Hall–Kier alpha value is -2.94. The number of rotatable bonds is 26. The maximum absolute atomic E-state index is 10.8. The van der Waals surface area contributed by atoms with Crippen LogP contribution in [-0.2, 0) is 48.1 Å². The summed E-state index contributed by atoms with van der Waals surface area (Å²) in [7, 11) is 0. The molecule has 254 valence electrons. The quantitative estimate of drug-likeness (QED) is 0.108. The number of carbonyl (C=O) groups excluding carboxylic acids is 1. The van der Waals surface area contributed by atoms with Gasteiger partial charge in [-0.2, -0.15) is 0 Å².